The predicted molar refractivity (Wildman–Crippen MR) is 147 cm³/mol. The molecule has 5 rings (SSSR count). The summed E-state index contributed by atoms with van der Waals surface area (Å²) in [5.74, 6) is -1.75. The Balaban J connectivity index is 1.45. The van der Waals surface area contributed by atoms with Crippen LogP contribution in [0.25, 0.3) is 10.6 Å². The molecule has 1 aliphatic rings. The molecule has 1 aromatic heterocycles. The van der Waals surface area contributed by atoms with Crippen molar-refractivity contribution in [3.8, 4) is 10.6 Å². The monoisotopic (exact) mass is 513 g/mol. The summed E-state index contributed by atoms with van der Waals surface area (Å²) in [5, 5.41) is 13.0. The number of benzene rings is 3. The van der Waals surface area contributed by atoms with Crippen molar-refractivity contribution in [3.63, 3.8) is 0 Å². The van der Waals surface area contributed by atoms with Crippen molar-refractivity contribution in [2.24, 2.45) is 5.92 Å². The average Bonchev–Trinajstić information content (AvgIpc) is 3.36. The van der Waals surface area contributed by atoms with Gasteiger partial charge in [-0.25, -0.2) is 0 Å². The van der Waals surface area contributed by atoms with E-state index in [9.17, 15) is 9.59 Å². The van der Waals surface area contributed by atoms with Gasteiger partial charge in [-0.1, -0.05) is 77.1 Å². The number of aromatic nitrogens is 2. The number of rotatable bonds is 6. The number of anilines is 3. The Morgan fingerprint density at radius 3 is 1.86 bits per heavy atom. The van der Waals surface area contributed by atoms with Crippen molar-refractivity contribution in [3.05, 3.63) is 90.0 Å². The van der Waals surface area contributed by atoms with Crippen LogP contribution in [0.3, 0.4) is 0 Å². The molecule has 2 amide bonds. The number of carbonyl (C=O) groups excluding carboxylic acids is 2. The first-order valence-electron chi connectivity index (χ1n) is 11.4. The first-order chi connectivity index (χ1) is 17.4. The lowest BCUT2D eigenvalue weighted by Gasteiger charge is -2.39. The van der Waals surface area contributed by atoms with E-state index in [1.165, 1.54) is 21.1 Å². The molecule has 0 unspecified atom stereocenters. The highest BCUT2D eigenvalue weighted by Crippen LogP contribution is 2.31. The molecular weight excluding hydrogens is 490 g/mol. The lowest BCUT2D eigenvalue weighted by molar-refractivity contribution is -0.131. The van der Waals surface area contributed by atoms with Crippen molar-refractivity contribution in [2.45, 2.75) is 13.8 Å². The van der Waals surface area contributed by atoms with Gasteiger partial charge in [-0.3, -0.25) is 19.4 Å². The lowest BCUT2D eigenvalue weighted by atomic mass is 10.0. The largest absolute Gasteiger partial charge is 0.359 e. The Morgan fingerprint density at radius 2 is 1.33 bits per heavy atom. The minimum Gasteiger partial charge on any atom is -0.359 e. The van der Waals surface area contributed by atoms with Crippen LogP contribution in [0.4, 0.5) is 16.5 Å². The van der Waals surface area contributed by atoms with E-state index in [1.807, 2.05) is 92.7 Å². The minimum absolute atomic E-state index is 0.0639. The van der Waals surface area contributed by atoms with Crippen LogP contribution in [0.5, 0.6) is 0 Å². The minimum atomic E-state index is -0.997. The van der Waals surface area contributed by atoms with Gasteiger partial charge in [0, 0.05) is 12.1 Å². The Kier molecular flexibility index (Phi) is 6.58. The maximum Gasteiger partial charge on any atom is 0.247 e. The van der Waals surface area contributed by atoms with Crippen molar-refractivity contribution < 1.29 is 9.59 Å². The predicted octanol–water partition coefficient (Wildman–Crippen LogP) is 5.21. The Bertz CT molecular complexity index is 1350. The molecule has 0 aliphatic carbocycles. The molecule has 0 atom stereocenters. The van der Waals surface area contributed by atoms with Crippen LogP contribution in [0.1, 0.15) is 11.1 Å². The Morgan fingerprint density at radius 1 is 0.806 bits per heavy atom. The second kappa shape index (κ2) is 9.96. The summed E-state index contributed by atoms with van der Waals surface area (Å²) in [6, 6.07) is 24.7. The molecule has 3 aromatic carbocycles. The second-order valence-electron chi connectivity index (χ2n) is 8.51. The van der Waals surface area contributed by atoms with Crippen LogP contribution >= 0.6 is 23.6 Å². The van der Waals surface area contributed by atoms with E-state index < -0.39 is 5.92 Å². The number of hydrogen-bond acceptors (Lipinski definition) is 7. The number of nitrogens with zero attached hydrogens (tertiary/aromatic N) is 4. The second-order valence-corrected chi connectivity index (χ2v) is 9.86. The molecule has 4 aromatic rings. The van der Waals surface area contributed by atoms with Crippen molar-refractivity contribution >= 4 is 57.0 Å². The first kappa shape index (κ1) is 23.8. The van der Waals surface area contributed by atoms with Gasteiger partial charge < -0.3 is 5.32 Å². The normalized spacial score (nSPS) is 14.4. The van der Waals surface area contributed by atoms with Gasteiger partial charge in [-0.15, -0.1) is 10.2 Å². The Hall–Kier alpha value is -3.95. The molecular formula is C27H23N5O2S2. The first-order valence-corrected chi connectivity index (χ1v) is 12.6. The highest BCUT2D eigenvalue weighted by atomic mass is 32.1. The quantitative estimate of drug-likeness (QED) is 0.282. The fourth-order valence-corrected chi connectivity index (χ4v) is 5.07. The van der Waals surface area contributed by atoms with Crippen molar-refractivity contribution in [1.82, 2.24) is 10.2 Å². The maximum atomic E-state index is 13.6. The molecule has 0 spiro atoms. The zero-order chi connectivity index (χ0) is 25.2. The van der Waals surface area contributed by atoms with Gasteiger partial charge in [-0.05, 0) is 50.3 Å². The molecule has 0 bridgehead atoms. The third-order valence-electron chi connectivity index (χ3n) is 5.91. The molecule has 7 nitrogen and oxygen atoms in total. The standard InChI is InChI=1S/C27H23N5O2S2/c1-17-8-12-20(13-9-17)31-24(33)22(25(34)32(27(31)35)21-14-10-18(2)11-15-21)16-28-26-30-29-23(36-26)19-6-4-3-5-7-19/h3-15,22H,16H2,1-2H3,(H,28,30). The smallest absolute Gasteiger partial charge is 0.247 e. The van der Waals surface area contributed by atoms with E-state index in [1.54, 1.807) is 0 Å². The van der Waals surface area contributed by atoms with Gasteiger partial charge in [0.05, 0.1) is 11.4 Å². The number of nitrogens with one attached hydrogen (secondary N) is 1. The lowest BCUT2D eigenvalue weighted by Crippen LogP contribution is -2.61. The SMILES string of the molecule is Cc1ccc(N2C(=O)C(CNc3nnc(-c4ccccc4)s3)C(=O)N(c3ccc(C)cc3)C2=S)cc1. The van der Waals surface area contributed by atoms with Crippen LogP contribution in [0.15, 0.2) is 78.9 Å². The van der Waals surface area contributed by atoms with Crippen LogP contribution in [-0.2, 0) is 9.59 Å². The van der Waals surface area contributed by atoms with Gasteiger partial charge in [0.2, 0.25) is 16.9 Å². The van der Waals surface area contributed by atoms with Crippen LogP contribution < -0.4 is 15.1 Å². The summed E-state index contributed by atoms with van der Waals surface area (Å²) in [4.78, 5) is 30.1. The number of aryl methyl sites for hydroxylation is 2. The molecule has 36 heavy (non-hydrogen) atoms. The maximum absolute atomic E-state index is 13.6. The van der Waals surface area contributed by atoms with E-state index in [4.69, 9.17) is 12.2 Å². The zero-order valence-corrected chi connectivity index (χ0v) is 21.3. The zero-order valence-electron chi connectivity index (χ0n) is 19.7. The van der Waals surface area contributed by atoms with Crippen LogP contribution in [0, 0.1) is 19.8 Å². The highest BCUT2D eigenvalue weighted by Gasteiger charge is 2.45. The number of carbonyl (C=O) groups is 2. The topological polar surface area (TPSA) is 78.4 Å². The third kappa shape index (κ3) is 4.62. The van der Waals surface area contributed by atoms with E-state index in [2.05, 4.69) is 15.5 Å². The number of thiocarbonyl (C=S) groups is 1. The molecule has 180 valence electrons. The van der Waals surface area contributed by atoms with Gasteiger partial charge in [0.1, 0.15) is 10.9 Å². The summed E-state index contributed by atoms with van der Waals surface area (Å²) in [7, 11) is 0. The van der Waals surface area contributed by atoms with Gasteiger partial charge in [0.25, 0.3) is 0 Å². The molecule has 1 N–H and O–H groups in total. The van der Waals surface area contributed by atoms with E-state index in [0.29, 0.717) is 16.5 Å². The van der Waals surface area contributed by atoms with Crippen LogP contribution in [0.2, 0.25) is 0 Å². The molecule has 2 heterocycles. The highest BCUT2D eigenvalue weighted by molar-refractivity contribution is 7.81. The molecule has 0 saturated carbocycles. The molecule has 1 saturated heterocycles. The van der Waals surface area contributed by atoms with Crippen molar-refractivity contribution in [1.29, 1.82) is 0 Å². The number of amides is 2. The summed E-state index contributed by atoms with van der Waals surface area (Å²) in [6.45, 7) is 4.01. The summed E-state index contributed by atoms with van der Waals surface area (Å²) in [5.41, 5.74) is 4.31. The van der Waals surface area contributed by atoms with E-state index in [-0.39, 0.29) is 23.5 Å². The molecule has 1 fully saturated rings. The van der Waals surface area contributed by atoms with Crippen molar-refractivity contribution in [2.75, 3.05) is 21.7 Å². The molecule has 1 aliphatic heterocycles. The third-order valence-corrected chi connectivity index (χ3v) is 7.20. The fourth-order valence-electron chi connectivity index (χ4n) is 3.92. The summed E-state index contributed by atoms with van der Waals surface area (Å²) < 4.78 is 0. The Labute approximate surface area is 218 Å². The van der Waals surface area contributed by atoms with Gasteiger partial charge in [-0.2, -0.15) is 0 Å². The summed E-state index contributed by atoms with van der Waals surface area (Å²) in [6.07, 6.45) is 0. The fraction of sp³-hybridized carbons (Fsp3) is 0.148. The van der Waals surface area contributed by atoms with Gasteiger partial charge in [0.15, 0.2) is 5.11 Å². The summed E-state index contributed by atoms with van der Waals surface area (Å²) >= 11 is 7.06. The molecule has 0 radical (unpaired) electrons. The average molecular weight is 514 g/mol. The van der Waals surface area contributed by atoms with E-state index in [0.717, 1.165) is 21.7 Å². The van der Waals surface area contributed by atoms with Gasteiger partial charge >= 0.3 is 0 Å². The number of hydrogen-bond donors (Lipinski definition) is 1. The van der Waals surface area contributed by atoms with E-state index >= 15 is 0 Å². The molecule has 9 heteroatoms. The van der Waals surface area contributed by atoms with Crippen LogP contribution in [-0.4, -0.2) is 33.7 Å².